The van der Waals surface area contributed by atoms with Gasteiger partial charge in [0, 0.05) is 24.1 Å². The van der Waals surface area contributed by atoms with Crippen LogP contribution >= 0.6 is 0 Å². The number of methoxy groups -OCH3 is 2. The van der Waals surface area contributed by atoms with Gasteiger partial charge >= 0.3 is 0 Å². The third-order valence-electron chi connectivity index (χ3n) is 3.78. The minimum Gasteiger partial charge on any atom is -0.493 e. The van der Waals surface area contributed by atoms with Crippen LogP contribution in [0.4, 0.5) is 0 Å². The fraction of sp³-hybridized carbons (Fsp3) is 0.533. The number of carbonyl (C=O) groups excluding carboxylic acids is 1. The van der Waals surface area contributed by atoms with Crippen molar-refractivity contribution < 1.29 is 14.3 Å². The lowest BCUT2D eigenvalue weighted by Gasteiger charge is -2.14. The highest BCUT2D eigenvalue weighted by molar-refractivity contribution is 5.79. The van der Waals surface area contributed by atoms with E-state index in [1.807, 2.05) is 18.2 Å². The molecule has 2 rings (SSSR count). The molecule has 1 amide bonds. The Morgan fingerprint density at radius 3 is 2.75 bits per heavy atom. The van der Waals surface area contributed by atoms with Crippen LogP contribution in [0.5, 0.6) is 11.5 Å². The van der Waals surface area contributed by atoms with Gasteiger partial charge in [0.2, 0.25) is 5.91 Å². The Kier molecular flexibility index (Phi) is 4.84. The molecular weight excluding hydrogens is 256 g/mol. The lowest BCUT2D eigenvalue weighted by molar-refractivity contribution is -0.125. The zero-order chi connectivity index (χ0) is 14.5. The van der Waals surface area contributed by atoms with Crippen molar-refractivity contribution in [2.24, 2.45) is 11.7 Å². The predicted octanol–water partition coefficient (Wildman–Crippen LogP) is 1.45. The third-order valence-corrected chi connectivity index (χ3v) is 3.78. The average molecular weight is 278 g/mol. The molecule has 1 aliphatic rings. The van der Waals surface area contributed by atoms with Crippen LogP contribution in [-0.4, -0.2) is 26.2 Å². The van der Waals surface area contributed by atoms with Crippen molar-refractivity contribution >= 4 is 5.91 Å². The number of benzene rings is 1. The summed E-state index contributed by atoms with van der Waals surface area (Å²) in [6, 6.07) is 5.80. The SMILES string of the molecule is COc1cccc(CNC(=O)C2CCC(N)C2)c1OC. The number of nitrogens with one attached hydrogen (secondary N) is 1. The van der Waals surface area contributed by atoms with E-state index in [2.05, 4.69) is 5.32 Å². The van der Waals surface area contributed by atoms with E-state index in [9.17, 15) is 4.79 Å². The van der Waals surface area contributed by atoms with Crippen LogP contribution in [0.1, 0.15) is 24.8 Å². The number of ether oxygens (including phenoxy) is 2. The summed E-state index contributed by atoms with van der Waals surface area (Å²) in [5.41, 5.74) is 6.74. The molecule has 110 valence electrons. The molecule has 0 aromatic heterocycles. The molecule has 0 heterocycles. The van der Waals surface area contributed by atoms with Crippen molar-refractivity contribution in [1.82, 2.24) is 5.32 Å². The second kappa shape index (κ2) is 6.61. The maximum Gasteiger partial charge on any atom is 0.223 e. The average Bonchev–Trinajstić information content (AvgIpc) is 2.90. The predicted molar refractivity (Wildman–Crippen MR) is 76.7 cm³/mol. The second-order valence-electron chi connectivity index (χ2n) is 5.14. The molecule has 5 nitrogen and oxygen atoms in total. The van der Waals surface area contributed by atoms with Crippen molar-refractivity contribution in [3.8, 4) is 11.5 Å². The number of para-hydroxylation sites is 1. The smallest absolute Gasteiger partial charge is 0.223 e. The first kappa shape index (κ1) is 14.7. The van der Waals surface area contributed by atoms with Crippen LogP contribution in [0.25, 0.3) is 0 Å². The number of amides is 1. The lowest BCUT2D eigenvalue weighted by Crippen LogP contribution is -2.30. The van der Waals surface area contributed by atoms with Crippen LogP contribution in [-0.2, 0) is 11.3 Å². The van der Waals surface area contributed by atoms with E-state index in [0.29, 0.717) is 18.0 Å². The van der Waals surface area contributed by atoms with Gasteiger partial charge in [-0.25, -0.2) is 0 Å². The zero-order valence-electron chi connectivity index (χ0n) is 12.0. The fourth-order valence-corrected chi connectivity index (χ4v) is 2.67. The monoisotopic (exact) mass is 278 g/mol. The minimum atomic E-state index is 0.0432. The van der Waals surface area contributed by atoms with Gasteiger partial charge < -0.3 is 20.5 Å². The minimum absolute atomic E-state index is 0.0432. The van der Waals surface area contributed by atoms with E-state index < -0.39 is 0 Å². The van der Waals surface area contributed by atoms with Crippen LogP contribution in [0.3, 0.4) is 0 Å². The Labute approximate surface area is 119 Å². The third kappa shape index (κ3) is 3.22. The van der Waals surface area contributed by atoms with Crippen molar-refractivity contribution in [2.75, 3.05) is 14.2 Å². The number of carbonyl (C=O) groups is 1. The number of rotatable bonds is 5. The van der Waals surface area contributed by atoms with Gasteiger partial charge in [-0.05, 0) is 25.3 Å². The largest absolute Gasteiger partial charge is 0.493 e. The molecule has 2 unspecified atom stereocenters. The van der Waals surface area contributed by atoms with Gasteiger partial charge in [-0.2, -0.15) is 0 Å². The van der Waals surface area contributed by atoms with Gasteiger partial charge in [0.05, 0.1) is 14.2 Å². The quantitative estimate of drug-likeness (QED) is 0.855. The summed E-state index contributed by atoms with van der Waals surface area (Å²) in [5, 5.41) is 2.96. The normalized spacial score (nSPS) is 21.6. The maximum atomic E-state index is 12.1. The van der Waals surface area contributed by atoms with Gasteiger partial charge in [0.25, 0.3) is 0 Å². The first-order chi connectivity index (χ1) is 9.65. The van der Waals surface area contributed by atoms with Crippen LogP contribution in [0.15, 0.2) is 18.2 Å². The Morgan fingerprint density at radius 2 is 2.15 bits per heavy atom. The van der Waals surface area contributed by atoms with E-state index >= 15 is 0 Å². The Hall–Kier alpha value is -1.75. The van der Waals surface area contributed by atoms with E-state index in [1.165, 1.54) is 0 Å². The van der Waals surface area contributed by atoms with Gasteiger partial charge in [0.15, 0.2) is 11.5 Å². The van der Waals surface area contributed by atoms with Crippen molar-refractivity contribution in [3.63, 3.8) is 0 Å². The molecule has 0 bridgehead atoms. The molecule has 1 aromatic carbocycles. The van der Waals surface area contributed by atoms with Crippen LogP contribution in [0.2, 0.25) is 0 Å². The summed E-state index contributed by atoms with van der Waals surface area (Å²) in [4.78, 5) is 12.1. The zero-order valence-corrected chi connectivity index (χ0v) is 12.0. The molecule has 1 saturated carbocycles. The van der Waals surface area contributed by atoms with Crippen LogP contribution in [0, 0.1) is 5.92 Å². The molecular formula is C15H22N2O3. The molecule has 2 atom stereocenters. The second-order valence-corrected chi connectivity index (χ2v) is 5.14. The molecule has 1 aliphatic carbocycles. The highest BCUT2D eigenvalue weighted by Gasteiger charge is 2.27. The molecule has 1 aromatic rings. The summed E-state index contributed by atoms with van der Waals surface area (Å²) in [7, 11) is 3.19. The van der Waals surface area contributed by atoms with Crippen LogP contribution < -0.4 is 20.5 Å². The molecule has 0 radical (unpaired) electrons. The summed E-state index contributed by atoms with van der Waals surface area (Å²) in [6.45, 7) is 0.435. The van der Waals surface area contributed by atoms with E-state index in [4.69, 9.17) is 15.2 Å². The fourth-order valence-electron chi connectivity index (χ4n) is 2.67. The molecule has 3 N–H and O–H groups in total. The highest BCUT2D eigenvalue weighted by atomic mass is 16.5. The molecule has 20 heavy (non-hydrogen) atoms. The summed E-state index contributed by atoms with van der Waals surface area (Å²) >= 11 is 0. The lowest BCUT2D eigenvalue weighted by atomic mass is 10.1. The number of hydrogen-bond acceptors (Lipinski definition) is 4. The number of nitrogens with two attached hydrogens (primary N) is 1. The van der Waals surface area contributed by atoms with E-state index in [1.54, 1.807) is 14.2 Å². The Bertz CT molecular complexity index is 476. The molecule has 5 heteroatoms. The van der Waals surface area contributed by atoms with Gasteiger partial charge in [-0.3, -0.25) is 4.79 Å². The summed E-state index contributed by atoms with van der Waals surface area (Å²) in [5.74, 6) is 1.45. The molecule has 0 spiro atoms. The van der Waals surface area contributed by atoms with Crippen molar-refractivity contribution in [2.45, 2.75) is 31.8 Å². The van der Waals surface area contributed by atoms with Crippen molar-refractivity contribution in [1.29, 1.82) is 0 Å². The van der Waals surface area contributed by atoms with E-state index in [0.717, 1.165) is 24.8 Å². The van der Waals surface area contributed by atoms with Gasteiger partial charge in [-0.15, -0.1) is 0 Å². The van der Waals surface area contributed by atoms with Crippen molar-refractivity contribution in [3.05, 3.63) is 23.8 Å². The first-order valence-electron chi connectivity index (χ1n) is 6.88. The summed E-state index contributed by atoms with van der Waals surface area (Å²) in [6.07, 6.45) is 2.59. The maximum absolute atomic E-state index is 12.1. The molecule has 1 fully saturated rings. The first-order valence-corrected chi connectivity index (χ1v) is 6.88. The van der Waals surface area contributed by atoms with E-state index in [-0.39, 0.29) is 17.9 Å². The molecule has 0 saturated heterocycles. The summed E-state index contributed by atoms with van der Waals surface area (Å²) < 4.78 is 10.6. The highest BCUT2D eigenvalue weighted by Crippen LogP contribution is 2.31. The topological polar surface area (TPSA) is 73.6 Å². The Balaban J connectivity index is 1.98. The van der Waals surface area contributed by atoms with Gasteiger partial charge in [0.1, 0.15) is 0 Å². The van der Waals surface area contributed by atoms with Gasteiger partial charge in [-0.1, -0.05) is 12.1 Å². The Morgan fingerprint density at radius 1 is 1.35 bits per heavy atom. The number of hydrogen-bond donors (Lipinski definition) is 2. The standard InChI is InChI=1S/C15H22N2O3/c1-19-13-5-3-4-11(14(13)20-2)9-17-15(18)10-6-7-12(16)8-10/h3-5,10,12H,6-9,16H2,1-2H3,(H,17,18). The molecule has 0 aliphatic heterocycles.